The first-order valence-corrected chi connectivity index (χ1v) is 3.01. The van der Waals surface area contributed by atoms with Gasteiger partial charge in [-0.15, -0.1) is 0 Å². The van der Waals surface area contributed by atoms with Crippen molar-refractivity contribution in [2.45, 2.75) is 12.8 Å². The van der Waals surface area contributed by atoms with Crippen molar-refractivity contribution in [3.05, 3.63) is 12.3 Å². The Morgan fingerprint density at radius 3 is 3.38 bits per heavy atom. The molecule has 0 amide bonds. The van der Waals surface area contributed by atoms with E-state index in [1.54, 1.807) is 6.20 Å². The van der Waals surface area contributed by atoms with Gasteiger partial charge < -0.3 is 0 Å². The van der Waals surface area contributed by atoms with Crippen molar-refractivity contribution in [3.8, 4) is 0 Å². The molecule has 0 unspecified atom stereocenters. The van der Waals surface area contributed by atoms with Crippen LogP contribution in [0.15, 0.2) is 17.3 Å². The van der Waals surface area contributed by atoms with Gasteiger partial charge in [-0.25, -0.2) is 0 Å². The number of nitrogens with zero attached hydrogens (tertiary/aromatic N) is 1. The summed E-state index contributed by atoms with van der Waals surface area (Å²) in [6, 6.07) is 0. The number of allylic oxidation sites excluding steroid dienone is 1. The van der Waals surface area contributed by atoms with Gasteiger partial charge in [0.25, 0.3) is 0 Å². The standard InChI is InChI=1S/C6H7NS/c8-6-2-1-4-7-5-3-6/h3-5H,1-2H2. The summed E-state index contributed by atoms with van der Waals surface area (Å²) in [6.07, 6.45) is 7.48. The van der Waals surface area contributed by atoms with E-state index in [9.17, 15) is 0 Å². The fraction of sp³-hybridized carbons (Fsp3) is 0.333. The smallest absolute Gasteiger partial charge is 0.0274 e. The molecular formula is C6H7NS. The minimum atomic E-state index is 0.981. The second kappa shape index (κ2) is 2.72. The first-order valence-electron chi connectivity index (χ1n) is 2.60. The zero-order valence-corrected chi connectivity index (χ0v) is 5.32. The summed E-state index contributed by atoms with van der Waals surface area (Å²) in [7, 11) is 0. The topological polar surface area (TPSA) is 12.4 Å². The fourth-order valence-corrected chi connectivity index (χ4v) is 0.730. The van der Waals surface area contributed by atoms with E-state index < -0.39 is 0 Å². The summed E-state index contributed by atoms with van der Waals surface area (Å²) in [5, 5.41) is 0. The summed E-state index contributed by atoms with van der Waals surface area (Å²) < 4.78 is 0. The van der Waals surface area contributed by atoms with E-state index in [1.165, 1.54) is 0 Å². The van der Waals surface area contributed by atoms with E-state index in [-0.39, 0.29) is 0 Å². The highest BCUT2D eigenvalue weighted by atomic mass is 32.1. The van der Waals surface area contributed by atoms with E-state index >= 15 is 0 Å². The number of thiocarbonyl (C=S) groups is 1. The molecule has 1 rings (SSSR count). The number of hydrogen-bond donors (Lipinski definition) is 0. The van der Waals surface area contributed by atoms with Gasteiger partial charge in [-0.3, -0.25) is 4.99 Å². The van der Waals surface area contributed by atoms with E-state index in [1.807, 2.05) is 12.3 Å². The predicted molar refractivity (Wildman–Crippen MR) is 39.5 cm³/mol. The third-order valence-electron chi connectivity index (χ3n) is 0.972. The van der Waals surface area contributed by atoms with Crippen LogP contribution in [0.25, 0.3) is 0 Å². The van der Waals surface area contributed by atoms with Gasteiger partial charge in [-0.2, -0.15) is 0 Å². The van der Waals surface area contributed by atoms with Crippen LogP contribution in [-0.2, 0) is 0 Å². The number of rotatable bonds is 0. The van der Waals surface area contributed by atoms with Gasteiger partial charge in [-0.05, 0) is 18.9 Å². The van der Waals surface area contributed by atoms with Crippen molar-refractivity contribution in [2.75, 3.05) is 0 Å². The van der Waals surface area contributed by atoms with Gasteiger partial charge in [0.15, 0.2) is 0 Å². The predicted octanol–water partition coefficient (Wildman–Crippen LogP) is 1.73. The van der Waals surface area contributed by atoms with Gasteiger partial charge in [0.1, 0.15) is 0 Å². The Morgan fingerprint density at radius 1 is 1.62 bits per heavy atom. The molecule has 0 saturated carbocycles. The van der Waals surface area contributed by atoms with Gasteiger partial charge >= 0.3 is 0 Å². The highest BCUT2D eigenvalue weighted by Gasteiger charge is 1.90. The van der Waals surface area contributed by atoms with Crippen LogP contribution in [0.2, 0.25) is 0 Å². The molecule has 1 aliphatic rings. The van der Waals surface area contributed by atoms with Crippen LogP contribution in [0.3, 0.4) is 0 Å². The molecule has 1 heterocycles. The van der Waals surface area contributed by atoms with Crippen LogP contribution in [0, 0.1) is 0 Å². The molecule has 0 N–H and O–H groups in total. The minimum absolute atomic E-state index is 0.981. The van der Waals surface area contributed by atoms with E-state index in [0.717, 1.165) is 17.7 Å². The molecule has 42 valence electrons. The van der Waals surface area contributed by atoms with Crippen LogP contribution in [-0.4, -0.2) is 11.1 Å². The van der Waals surface area contributed by atoms with Crippen LogP contribution in [0.4, 0.5) is 0 Å². The first-order chi connectivity index (χ1) is 3.89. The molecule has 1 nitrogen and oxygen atoms in total. The van der Waals surface area contributed by atoms with Crippen molar-refractivity contribution in [1.82, 2.24) is 0 Å². The van der Waals surface area contributed by atoms with Crippen LogP contribution < -0.4 is 0 Å². The Balaban J connectivity index is 2.58. The first kappa shape index (κ1) is 5.63. The lowest BCUT2D eigenvalue weighted by atomic mass is 10.2. The molecule has 0 atom stereocenters. The number of aliphatic imine (C=N–C) groups is 1. The fourth-order valence-electron chi connectivity index (χ4n) is 0.552. The summed E-state index contributed by atoms with van der Waals surface area (Å²) in [6.45, 7) is 0. The van der Waals surface area contributed by atoms with E-state index in [2.05, 4.69) is 4.99 Å². The second-order valence-corrected chi connectivity index (χ2v) is 2.18. The molecule has 0 spiro atoms. The lowest BCUT2D eigenvalue weighted by Crippen LogP contribution is -1.85. The summed E-state index contributed by atoms with van der Waals surface area (Å²) in [5.74, 6) is 0. The second-order valence-electron chi connectivity index (χ2n) is 1.65. The molecular weight excluding hydrogens is 118 g/mol. The minimum Gasteiger partial charge on any atom is -0.269 e. The quantitative estimate of drug-likeness (QED) is 0.449. The van der Waals surface area contributed by atoms with Crippen LogP contribution in [0.5, 0.6) is 0 Å². The average Bonchev–Trinajstić information content (AvgIpc) is 1.94. The zero-order chi connectivity index (χ0) is 5.82. The lowest BCUT2D eigenvalue weighted by molar-refractivity contribution is 1.20. The van der Waals surface area contributed by atoms with Crippen LogP contribution in [0.1, 0.15) is 12.8 Å². The van der Waals surface area contributed by atoms with E-state index in [4.69, 9.17) is 12.2 Å². The maximum atomic E-state index is 4.93. The Morgan fingerprint density at radius 2 is 2.50 bits per heavy atom. The highest BCUT2D eigenvalue weighted by Crippen LogP contribution is 1.96. The Bertz CT molecular complexity index is 147. The van der Waals surface area contributed by atoms with E-state index in [0.29, 0.717) is 0 Å². The molecule has 0 aromatic rings. The Hall–Kier alpha value is -0.500. The summed E-state index contributed by atoms with van der Waals surface area (Å²) in [5.41, 5.74) is 0. The van der Waals surface area contributed by atoms with Gasteiger partial charge in [-0.1, -0.05) is 12.2 Å². The van der Waals surface area contributed by atoms with Crippen molar-refractivity contribution in [2.24, 2.45) is 4.99 Å². The lowest BCUT2D eigenvalue weighted by Gasteiger charge is -1.85. The maximum Gasteiger partial charge on any atom is 0.0274 e. The molecule has 0 radical (unpaired) electrons. The van der Waals surface area contributed by atoms with Gasteiger partial charge in [0.05, 0.1) is 0 Å². The highest BCUT2D eigenvalue weighted by molar-refractivity contribution is 7.80. The normalized spacial score (nSPS) is 18.8. The molecule has 1 aliphatic heterocycles. The maximum absolute atomic E-state index is 4.93. The SMILES string of the molecule is S=C1C=CN=CCC1. The molecule has 0 aromatic heterocycles. The van der Waals surface area contributed by atoms with Crippen molar-refractivity contribution < 1.29 is 0 Å². The molecule has 0 aliphatic carbocycles. The van der Waals surface area contributed by atoms with Gasteiger partial charge in [0.2, 0.25) is 0 Å². The molecule has 0 bridgehead atoms. The van der Waals surface area contributed by atoms with Crippen molar-refractivity contribution in [3.63, 3.8) is 0 Å². The third kappa shape index (κ3) is 1.54. The molecule has 0 aromatic carbocycles. The van der Waals surface area contributed by atoms with Gasteiger partial charge in [0, 0.05) is 17.3 Å². The Kier molecular flexibility index (Phi) is 1.92. The molecule has 0 saturated heterocycles. The van der Waals surface area contributed by atoms with Crippen LogP contribution >= 0.6 is 12.2 Å². The van der Waals surface area contributed by atoms with Crippen molar-refractivity contribution >= 4 is 23.3 Å². The summed E-state index contributed by atoms with van der Waals surface area (Å²) in [4.78, 5) is 4.93. The Labute approximate surface area is 54.1 Å². The molecule has 0 fully saturated rings. The summed E-state index contributed by atoms with van der Waals surface area (Å²) >= 11 is 4.93. The number of hydrogen-bond acceptors (Lipinski definition) is 2. The molecule has 2 heteroatoms. The third-order valence-corrected chi connectivity index (χ3v) is 1.31. The average molecular weight is 125 g/mol. The molecule has 8 heavy (non-hydrogen) atoms. The zero-order valence-electron chi connectivity index (χ0n) is 4.50. The van der Waals surface area contributed by atoms with Crippen molar-refractivity contribution in [1.29, 1.82) is 0 Å². The monoisotopic (exact) mass is 125 g/mol. The largest absolute Gasteiger partial charge is 0.269 e.